The lowest BCUT2D eigenvalue weighted by Crippen LogP contribution is -2.42. The molecule has 0 amide bonds. The summed E-state index contributed by atoms with van der Waals surface area (Å²) >= 11 is 0. The fraction of sp³-hybridized carbons (Fsp3) is 0.429. The van der Waals surface area contributed by atoms with Gasteiger partial charge in [0, 0.05) is 32.5 Å². The molecule has 29 heavy (non-hydrogen) atoms. The van der Waals surface area contributed by atoms with Crippen molar-refractivity contribution in [3.05, 3.63) is 59.4 Å². The Labute approximate surface area is 173 Å². The van der Waals surface area contributed by atoms with Gasteiger partial charge in [0.1, 0.15) is 4.90 Å². The number of hydrogen-bond donors (Lipinski definition) is 3. The van der Waals surface area contributed by atoms with Gasteiger partial charge in [-0.2, -0.15) is 0 Å². The van der Waals surface area contributed by atoms with Gasteiger partial charge in [-0.3, -0.25) is 9.98 Å². The Balaban J connectivity index is 1.49. The van der Waals surface area contributed by atoms with E-state index >= 15 is 0 Å². The molecule has 2 aromatic rings. The van der Waals surface area contributed by atoms with Crippen LogP contribution in [-0.2, 0) is 22.9 Å². The summed E-state index contributed by atoms with van der Waals surface area (Å²) in [4.78, 5) is 8.24. The van der Waals surface area contributed by atoms with Crippen LogP contribution < -0.4 is 15.4 Å². The van der Waals surface area contributed by atoms with Gasteiger partial charge in [0.15, 0.2) is 5.96 Å². The Bertz CT molecular complexity index is 945. The number of guanidine groups is 1. The van der Waals surface area contributed by atoms with E-state index in [1.165, 1.54) is 48.2 Å². The number of aromatic nitrogens is 1. The molecule has 156 valence electrons. The zero-order chi connectivity index (χ0) is 20.7. The predicted molar refractivity (Wildman–Crippen MR) is 115 cm³/mol. The van der Waals surface area contributed by atoms with Crippen LogP contribution in [0.5, 0.6) is 0 Å². The molecule has 8 heteroatoms. The largest absolute Gasteiger partial charge is 0.355 e. The number of nitrogens with one attached hydrogen (secondary N) is 3. The SMILES string of the molecule is CN=C(NCCNS(=O)(=O)c1cccnc1)NC(C)c1ccc2c(c1)CCCC2. The number of hydrogen-bond acceptors (Lipinski definition) is 4. The van der Waals surface area contributed by atoms with Gasteiger partial charge < -0.3 is 10.6 Å². The van der Waals surface area contributed by atoms with E-state index in [0.29, 0.717) is 12.5 Å². The topological polar surface area (TPSA) is 95.5 Å². The number of pyridine rings is 1. The molecule has 0 saturated carbocycles. The molecule has 7 nitrogen and oxygen atoms in total. The average molecular weight is 416 g/mol. The molecule has 1 heterocycles. The summed E-state index contributed by atoms with van der Waals surface area (Å²) in [6.45, 7) is 2.75. The van der Waals surface area contributed by atoms with Gasteiger partial charge >= 0.3 is 0 Å². The maximum absolute atomic E-state index is 12.2. The molecule has 3 rings (SSSR count). The Morgan fingerprint density at radius 2 is 1.97 bits per heavy atom. The lowest BCUT2D eigenvalue weighted by atomic mass is 9.89. The van der Waals surface area contributed by atoms with E-state index in [2.05, 4.69) is 50.5 Å². The van der Waals surface area contributed by atoms with E-state index in [4.69, 9.17) is 0 Å². The lowest BCUT2D eigenvalue weighted by molar-refractivity contribution is 0.579. The average Bonchev–Trinajstić information content (AvgIpc) is 2.76. The van der Waals surface area contributed by atoms with Gasteiger partial charge in [-0.1, -0.05) is 18.2 Å². The second-order valence-electron chi connectivity index (χ2n) is 7.19. The molecular weight excluding hydrogens is 386 g/mol. The van der Waals surface area contributed by atoms with E-state index in [-0.39, 0.29) is 17.5 Å². The van der Waals surface area contributed by atoms with Crippen LogP contribution in [0.15, 0.2) is 52.6 Å². The molecule has 1 atom stereocenters. The van der Waals surface area contributed by atoms with Gasteiger partial charge in [-0.05, 0) is 61.4 Å². The monoisotopic (exact) mass is 415 g/mol. The van der Waals surface area contributed by atoms with Crippen molar-refractivity contribution in [3.8, 4) is 0 Å². The van der Waals surface area contributed by atoms with Crippen molar-refractivity contribution >= 4 is 16.0 Å². The molecule has 1 unspecified atom stereocenters. The van der Waals surface area contributed by atoms with Gasteiger partial charge in [0.05, 0.1) is 6.04 Å². The first-order chi connectivity index (χ1) is 14.0. The van der Waals surface area contributed by atoms with Crippen LogP contribution in [0.4, 0.5) is 0 Å². The Morgan fingerprint density at radius 3 is 2.69 bits per heavy atom. The number of sulfonamides is 1. The Hall–Kier alpha value is -2.45. The number of rotatable bonds is 7. The van der Waals surface area contributed by atoms with Crippen molar-refractivity contribution in [2.75, 3.05) is 20.1 Å². The minimum atomic E-state index is -3.55. The summed E-state index contributed by atoms with van der Waals surface area (Å²) in [7, 11) is -1.85. The summed E-state index contributed by atoms with van der Waals surface area (Å²) in [5, 5.41) is 6.52. The van der Waals surface area contributed by atoms with Crippen LogP contribution >= 0.6 is 0 Å². The van der Waals surface area contributed by atoms with E-state index in [0.717, 1.165) is 6.42 Å². The fourth-order valence-electron chi connectivity index (χ4n) is 3.46. The third-order valence-electron chi connectivity index (χ3n) is 5.10. The molecular formula is C21H29N5O2S. The minimum absolute atomic E-state index is 0.0977. The summed E-state index contributed by atoms with van der Waals surface area (Å²) < 4.78 is 27.0. The number of aryl methyl sites for hydroxylation is 2. The standard InChI is InChI=1S/C21H29N5O2S/c1-16(18-10-9-17-6-3-4-7-19(17)14-18)26-21(22-2)24-12-13-25-29(27,28)20-8-5-11-23-15-20/h5,8-11,14-16,25H,3-4,6-7,12-13H2,1-2H3,(H2,22,24,26). The first-order valence-electron chi connectivity index (χ1n) is 9.98. The molecule has 0 bridgehead atoms. The highest BCUT2D eigenvalue weighted by Crippen LogP contribution is 2.24. The fourth-order valence-corrected chi connectivity index (χ4v) is 4.46. The second-order valence-corrected chi connectivity index (χ2v) is 8.95. The molecule has 3 N–H and O–H groups in total. The van der Waals surface area contributed by atoms with Crippen molar-refractivity contribution in [2.24, 2.45) is 4.99 Å². The van der Waals surface area contributed by atoms with Crippen molar-refractivity contribution < 1.29 is 8.42 Å². The number of aliphatic imine (C=N–C) groups is 1. The number of benzene rings is 1. The van der Waals surface area contributed by atoms with E-state index in [1.807, 2.05) is 0 Å². The minimum Gasteiger partial charge on any atom is -0.355 e. The quantitative estimate of drug-likeness (QED) is 0.366. The number of nitrogens with zero attached hydrogens (tertiary/aromatic N) is 2. The van der Waals surface area contributed by atoms with Crippen LogP contribution in [0.1, 0.15) is 42.5 Å². The highest BCUT2D eigenvalue weighted by molar-refractivity contribution is 7.89. The van der Waals surface area contributed by atoms with Crippen LogP contribution in [-0.4, -0.2) is 39.5 Å². The van der Waals surface area contributed by atoms with Crippen LogP contribution in [0.2, 0.25) is 0 Å². The zero-order valence-electron chi connectivity index (χ0n) is 17.0. The summed E-state index contributed by atoms with van der Waals surface area (Å²) in [5.74, 6) is 0.635. The van der Waals surface area contributed by atoms with Crippen LogP contribution in [0, 0.1) is 0 Å². The van der Waals surface area contributed by atoms with Crippen molar-refractivity contribution in [1.82, 2.24) is 20.3 Å². The van der Waals surface area contributed by atoms with Crippen LogP contribution in [0.3, 0.4) is 0 Å². The molecule has 0 saturated heterocycles. The highest BCUT2D eigenvalue weighted by atomic mass is 32.2. The first-order valence-corrected chi connectivity index (χ1v) is 11.5. The third kappa shape index (κ3) is 5.77. The van der Waals surface area contributed by atoms with Crippen molar-refractivity contribution in [1.29, 1.82) is 0 Å². The molecule has 0 radical (unpaired) electrons. The molecule has 1 aromatic carbocycles. The molecule has 0 spiro atoms. The van der Waals surface area contributed by atoms with Gasteiger partial charge in [-0.15, -0.1) is 0 Å². The van der Waals surface area contributed by atoms with E-state index in [9.17, 15) is 8.42 Å². The molecule has 0 fully saturated rings. The smallest absolute Gasteiger partial charge is 0.242 e. The second kappa shape index (κ2) is 9.84. The summed E-state index contributed by atoms with van der Waals surface area (Å²) in [5.41, 5.74) is 4.15. The van der Waals surface area contributed by atoms with Crippen molar-refractivity contribution in [3.63, 3.8) is 0 Å². The lowest BCUT2D eigenvalue weighted by Gasteiger charge is -2.21. The maximum Gasteiger partial charge on any atom is 0.242 e. The predicted octanol–water partition coefficient (Wildman–Crippen LogP) is 2.16. The Kier molecular flexibility index (Phi) is 7.22. The third-order valence-corrected chi connectivity index (χ3v) is 6.55. The molecule has 1 aliphatic rings. The number of fused-ring (bicyclic) bond motifs is 1. The molecule has 1 aliphatic carbocycles. The zero-order valence-corrected chi connectivity index (χ0v) is 17.8. The molecule has 0 aliphatic heterocycles. The van der Waals surface area contributed by atoms with E-state index in [1.54, 1.807) is 19.3 Å². The van der Waals surface area contributed by atoms with Gasteiger partial charge in [0.2, 0.25) is 10.0 Å². The molecule has 1 aromatic heterocycles. The summed E-state index contributed by atoms with van der Waals surface area (Å²) in [6, 6.07) is 9.93. The highest BCUT2D eigenvalue weighted by Gasteiger charge is 2.15. The maximum atomic E-state index is 12.2. The Morgan fingerprint density at radius 1 is 1.17 bits per heavy atom. The van der Waals surface area contributed by atoms with Gasteiger partial charge in [-0.25, -0.2) is 13.1 Å². The van der Waals surface area contributed by atoms with Crippen molar-refractivity contribution in [2.45, 2.75) is 43.5 Å². The van der Waals surface area contributed by atoms with Crippen LogP contribution in [0.25, 0.3) is 0 Å². The summed E-state index contributed by atoms with van der Waals surface area (Å²) in [6.07, 6.45) is 7.74. The van der Waals surface area contributed by atoms with E-state index < -0.39 is 10.0 Å². The normalized spacial score (nSPS) is 15.4. The van der Waals surface area contributed by atoms with Gasteiger partial charge in [0.25, 0.3) is 0 Å². The first kappa shape index (κ1) is 21.3.